The third kappa shape index (κ3) is 2.74. The maximum Gasteiger partial charge on any atom is 0.316 e. The van der Waals surface area contributed by atoms with Crippen molar-refractivity contribution in [2.45, 2.75) is 38.5 Å². The number of nitrogens with zero attached hydrogens (tertiary/aromatic N) is 1. The fourth-order valence-electron chi connectivity index (χ4n) is 3.95. The van der Waals surface area contributed by atoms with E-state index < -0.39 is 17.3 Å². The Morgan fingerprint density at radius 2 is 1.96 bits per heavy atom. The molecule has 0 bridgehead atoms. The van der Waals surface area contributed by atoms with Gasteiger partial charge in [-0.15, -0.1) is 0 Å². The molecule has 0 radical (unpaired) electrons. The average Bonchev–Trinajstić information content (AvgIpc) is 2.62. The highest BCUT2D eigenvalue weighted by atomic mass is 16.6. The molecule has 132 valence electrons. The van der Waals surface area contributed by atoms with Crippen LogP contribution in [0.15, 0.2) is 6.07 Å². The van der Waals surface area contributed by atoms with Crippen LogP contribution in [0, 0.1) is 31.1 Å². The molecule has 2 aliphatic rings. The van der Waals surface area contributed by atoms with Crippen LogP contribution in [-0.2, 0) is 19.7 Å². The van der Waals surface area contributed by atoms with E-state index in [2.05, 4.69) is 6.07 Å². The van der Waals surface area contributed by atoms with E-state index in [-0.39, 0.29) is 18.6 Å². The standard InChI is InChI=1S/C19H21NO5/c1-11-8-12(2)16-17(25-7-6-24-16)15(11)19(10-20)5-4-14(21)13(9-19)18(22)23-3/h8,13H,4-7,9H2,1-3H3. The quantitative estimate of drug-likeness (QED) is 0.605. The SMILES string of the molecule is COC(=O)C1CC(C#N)(c2c(C)cc(C)c3c2OCCO3)CCC1=O. The third-order valence-electron chi connectivity index (χ3n) is 5.11. The number of benzene rings is 1. The molecule has 1 saturated carbocycles. The van der Waals surface area contributed by atoms with E-state index in [1.807, 2.05) is 19.9 Å². The Balaban J connectivity index is 2.15. The Morgan fingerprint density at radius 1 is 1.28 bits per heavy atom. The summed E-state index contributed by atoms with van der Waals surface area (Å²) in [7, 11) is 1.26. The molecular weight excluding hydrogens is 322 g/mol. The van der Waals surface area contributed by atoms with Crippen LogP contribution in [0.25, 0.3) is 0 Å². The summed E-state index contributed by atoms with van der Waals surface area (Å²) in [5, 5.41) is 10.0. The lowest BCUT2D eigenvalue weighted by Gasteiger charge is -2.37. The summed E-state index contributed by atoms with van der Waals surface area (Å²) < 4.78 is 16.4. The van der Waals surface area contributed by atoms with E-state index in [4.69, 9.17) is 14.2 Å². The Kier molecular flexibility index (Phi) is 4.42. The number of ether oxygens (including phenoxy) is 3. The van der Waals surface area contributed by atoms with Crippen LogP contribution in [0.1, 0.15) is 36.0 Å². The van der Waals surface area contributed by atoms with Crippen molar-refractivity contribution in [3.63, 3.8) is 0 Å². The summed E-state index contributed by atoms with van der Waals surface area (Å²) in [5.41, 5.74) is 1.61. The number of ketones is 1. The fraction of sp³-hybridized carbons (Fsp3) is 0.526. The molecule has 2 unspecified atom stereocenters. The average molecular weight is 343 g/mol. The zero-order valence-corrected chi connectivity index (χ0v) is 14.7. The zero-order chi connectivity index (χ0) is 18.2. The van der Waals surface area contributed by atoms with Crippen molar-refractivity contribution in [3.8, 4) is 17.6 Å². The first-order valence-electron chi connectivity index (χ1n) is 8.35. The number of methoxy groups -OCH3 is 1. The van der Waals surface area contributed by atoms with E-state index in [0.29, 0.717) is 31.1 Å². The second-order valence-electron chi connectivity index (χ2n) is 6.68. The molecule has 3 rings (SSSR count). The molecule has 1 aliphatic heterocycles. The van der Waals surface area contributed by atoms with Crippen molar-refractivity contribution in [3.05, 3.63) is 22.8 Å². The molecule has 6 nitrogen and oxygen atoms in total. The van der Waals surface area contributed by atoms with Gasteiger partial charge in [-0.1, -0.05) is 6.07 Å². The highest BCUT2D eigenvalue weighted by Gasteiger charge is 2.48. The zero-order valence-electron chi connectivity index (χ0n) is 14.7. The van der Waals surface area contributed by atoms with Gasteiger partial charge in [0.05, 0.1) is 18.6 Å². The number of hydrogen-bond donors (Lipinski definition) is 0. The van der Waals surface area contributed by atoms with Gasteiger partial charge in [0.1, 0.15) is 24.9 Å². The van der Waals surface area contributed by atoms with Gasteiger partial charge in [0.2, 0.25) is 0 Å². The highest BCUT2D eigenvalue weighted by molar-refractivity contribution is 6.00. The monoisotopic (exact) mass is 343 g/mol. The minimum Gasteiger partial charge on any atom is -0.486 e. The van der Waals surface area contributed by atoms with E-state index in [1.165, 1.54) is 7.11 Å². The molecular formula is C19H21NO5. The molecule has 0 saturated heterocycles. The van der Waals surface area contributed by atoms with Gasteiger partial charge in [-0.3, -0.25) is 9.59 Å². The summed E-state index contributed by atoms with van der Waals surface area (Å²) in [6.45, 7) is 4.72. The first kappa shape index (κ1) is 17.3. The molecule has 0 N–H and O–H groups in total. The fourth-order valence-corrected chi connectivity index (χ4v) is 3.95. The molecule has 1 aromatic carbocycles. The summed E-state index contributed by atoms with van der Waals surface area (Å²) in [5.74, 6) is -0.454. The van der Waals surface area contributed by atoms with Crippen LogP contribution in [0.2, 0.25) is 0 Å². The predicted molar refractivity (Wildman–Crippen MR) is 88.6 cm³/mol. The number of Topliss-reactive ketones (excluding diaryl/α,β-unsaturated/α-hetero) is 1. The number of carbonyl (C=O) groups excluding carboxylic acids is 2. The summed E-state index contributed by atoms with van der Waals surface area (Å²) >= 11 is 0. The van der Waals surface area contributed by atoms with Gasteiger partial charge >= 0.3 is 5.97 Å². The van der Waals surface area contributed by atoms with Crippen LogP contribution >= 0.6 is 0 Å². The van der Waals surface area contributed by atoms with Gasteiger partial charge in [-0.05, 0) is 37.8 Å². The largest absolute Gasteiger partial charge is 0.486 e. The number of esters is 1. The smallest absolute Gasteiger partial charge is 0.316 e. The second kappa shape index (κ2) is 6.40. The van der Waals surface area contributed by atoms with Crippen molar-refractivity contribution >= 4 is 11.8 Å². The Bertz CT molecular complexity index is 771. The lowest BCUT2D eigenvalue weighted by atomic mass is 9.64. The van der Waals surface area contributed by atoms with Gasteiger partial charge in [-0.2, -0.15) is 5.26 Å². The molecule has 1 fully saturated rings. The maximum absolute atomic E-state index is 12.2. The number of fused-ring (bicyclic) bond motifs is 1. The van der Waals surface area contributed by atoms with Gasteiger partial charge in [-0.25, -0.2) is 0 Å². The number of carbonyl (C=O) groups is 2. The molecule has 0 amide bonds. The topological polar surface area (TPSA) is 85.6 Å². The van der Waals surface area contributed by atoms with Gasteiger partial charge < -0.3 is 14.2 Å². The van der Waals surface area contributed by atoms with Gasteiger partial charge in [0, 0.05) is 12.0 Å². The van der Waals surface area contributed by atoms with Crippen molar-refractivity contribution in [1.82, 2.24) is 0 Å². The molecule has 6 heteroatoms. The molecule has 1 aromatic rings. The van der Waals surface area contributed by atoms with E-state index in [0.717, 1.165) is 16.7 Å². The molecule has 0 spiro atoms. The van der Waals surface area contributed by atoms with Crippen LogP contribution in [0.5, 0.6) is 11.5 Å². The van der Waals surface area contributed by atoms with Crippen LogP contribution in [0.4, 0.5) is 0 Å². The number of hydrogen-bond acceptors (Lipinski definition) is 6. The molecule has 2 atom stereocenters. The van der Waals surface area contributed by atoms with Crippen LogP contribution in [0.3, 0.4) is 0 Å². The van der Waals surface area contributed by atoms with Gasteiger partial charge in [0.15, 0.2) is 11.5 Å². The number of rotatable bonds is 2. The van der Waals surface area contributed by atoms with E-state index in [9.17, 15) is 14.9 Å². The van der Waals surface area contributed by atoms with Crippen molar-refractivity contribution in [2.75, 3.05) is 20.3 Å². The first-order chi connectivity index (χ1) is 11.9. The minimum atomic E-state index is -0.977. The van der Waals surface area contributed by atoms with Crippen LogP contribution < -0.4 is 9.47 Å². The first-order valence-corrected chi connectivity index (χ1v) is 8.35. The second-order valence-corrected chi connectivity index (χ2v) is 6.68. The van der Waals surface area contributed by atoms with E-state index >= 15 is 0 Å². The summed E-state index contributed by atoms with van der Waals surface area (Å²) in [6.07, 6.45) is 0.626. The predicted octanol–water partition coefficient (Wildman–Crippen LogP) is 2.38. The van der Waals surface area contributed by atoms with Crippen molar-refractivity contribution in [2.24, 2.45) is 5.92 Å². The summed E-state index contributed by atoms with van der Waals surface area (Å²) in [6, 6.07) is 4.34. The Labute approximate surface area is 146 Å². The summed E-state index contributed by atoms with van der Waals surface area (Å²) in [4.78, 5) is 24.2. The van der Waals surface area contributed by atoms with Crippen LogP contribution in [-0.4, -0.2) is 32.1 Å². The molecule has 1 aliphatic carbocycles. The lowest BCUT2D eigenvalue weighted by Crippen LogP contribution is -2.41. The molecule has 0 aromatic heterocycles. The van der Waals surface area contributed by atoms with Crippen molar-refractivity contribution in [1.29, 1.82) is 5.26 Å². The van der Waals surface area contributed by atoms with Crippen molar-refractivity contribution < 1.29 is 23.8 Å². The molecule has 1 heterocycles. The number of nitriles is 1. The normalized spacial score (nSPS) is 25.2. The highest BCUT2D eigenvalue weighted by Crippen LogP contribution is 2.50. The Hall–Kier alpha value is -2.55. The lowest BCUT2D eigenvalue weighted by molar-refractivity contribution is -0.151. The third-order valence-corrected chi connectivity index (χ3v) is 5.11. The number of aryl methyl sites for hydroxylation is 2. The Morgan fingerprint density at radius 3 is 2.60 bits per heavy atom. The maximum atomic E-state index is 12.2. The molecule has 25 heavy (non-hydrogen) atoms. The minimum absolute atomic E-state index is 0.106. The van der Waals surface area contributed by atoms with Gasteiger partial charge in [0.25, 0.3) is 0 Å². The van der Waals surface area contributed by atoms with E-state index in [1.54, 1.807) is 0 Å².